The number of hydrogen-bond acceptors (Lipinski definition) is 7. The molecule has 1 aromatic heterocycles. The van der Waals surface area contributed by atoms with Crippen LogP contribution in [-0.2, 0) is 4.79 Å². The van der Waals surface area contributed by atoms with Gasteiger partial charge in [0.15, 0.2) is 0 Å². The van der Waals surface area contributed by atoms with Gasteiger partial charge < -0.3 is 10.1 Å². The Hall–Kier alpha value is -2.87. The van der Waals surface area contributed by atoms with Crippen LogP contribution in [0.5, 0.6) is 5.75 Å². The molecule has 0 spiro atoms. The van der Waals surface area contributed by atoms with Crippen molar-refractivity contribution in [3.63, 3.8) is 0 Å². The number of nitrogens with one attached hydrogen (secondary N) is 2. The molecule has 2 N–H and O–H groups in total. The smallest absolute Gasteiger partial charge is 0.290 e. The number of anilines is 1. The molecular weight excluding hydrogens is 328 g/mol. The minimum absolute atomic E-state index is 0.346. The fourth-order valence-corrected chi connectivity index (χ4v) is 2.64. The predicted octanol–water partition coefficient (Wildman–Crippen LogP) is 2.29. The van der Waals surface area contributed by atoms with Crippen molar-refractivity contribution in [2.24, 2.45) is 0 Å². The summed E-state index contributed by atoms with van der Waals surface area (Å²) in [6.07, 6.45) is 5.00. The van der Waals surface area contributed by atoms with Gasteiger partial charge in [0.05, 0.1) is 11.4 Å². The molecule has 0 radical (unpaired) electrons. The first kappa shape index (κ1) is 16.0. The third-order valence-electron chi connectivity index (χ3n) is 3.04. The molecule has 0 atom stereocenters. The van der Waals surface area contributed by atoms with E-state index >= 15 is 0 Å². The lowest BCUT2D eigenvalue weighted by molar-refractivity contribution is -0.115. The van der Waals surface area contributed by atoms with Crippen LogP contribution in [0.2, 0.25) is 0 Å². The summed E-state index contributed by atoms with van der Waals surface area (Å²) in [4.78, 5) is 31.1. The number of benzene rings is 1. The van der Waals surface area contributed by atoms with Gasteiger partial charge in [-0.3, -0.25) is 14.9 Å². The lowest BCUT2D eigenvalue weighted by Crippen LogP contribution is -2.17. The lowest BCUT2D eigenvalue weighted by Gasteiger charge is -2.07. The van der Waals surface area contributed by atoms with E-state index in [2.05, 4.69) is 20.6 Å². The van der Waals surface area contributed by atoms with Gasteiger partial charge in [-0.1, -0.05) is 12.1 Å². The first-order chi connectivity index (χ1) is 11.7. The van der Waals surface area contributed by atoms with E-state index in [9.17, 15) is 9.59 Å². The molecule has 0 aliphatic carbocycles. The average Bonchev–Trinajstić information content (AvgIpc) is 2.91. The van der Waals surface area contributed by atoms with E-state index in [4.69, 9.17) is 4.74 Å². The maximum atomic E-state index is 11.5. The predicted molar refractivity (Wildman–Crippen MR) is 91.6 cm³/mol. The summed E-state index contributed by atoms with van der Waals surface area (Å²) in [6, 6.07) is 9.02. The molecule has 2 heterocycles. The third kappa shape index (κ3) is 4.32. The van der Waals surface area contributed by atoms with E-state index < -0.39 is 0 Å². The topological polar surface area (TPSA) is 93.2 Å². The Bertz CT molecular complexity index is 763. The highest BCUT2D eigenvalue weighted by molar-refractivity contribution is 8.18. The standard InChI is InChI=1S/C16H14N4O3S/c21-14-13(24-16(22)20-14)10-11-2-4-12(5-3-11)23-9-8-19-15-17-6-1-7-18-15/h1-7,10H,8-9H2,(H,17,18,19)(H,20,21,22)/b13-10-. The number of ether oxygens (including phenoxy) is 1. The van der Waals surface area contributed by atoms with Crippen molar-refractivity contribution < 1.29 is 14.3 Å². The van der Waals surface area contributed by atoms with Gasteiger partial charge in [0, 0.05) is 12.4 Å². The highest BCUT2D eigenvalue weighted by Crippen LogP contribution is 2.26. The van der Waals surface area contributed by atoms with Crippen LogP contribution in [0.4, 0.5) is 10.7 Å². The van der Waals surface area contributed by atoms with Crippen molar-refractivity contribution >= 4 is 34.9 Å². The van der Waals surface area contributed by atoms with Gasteiger partial charge in [-0.25, -0.2) is 9.97 Å². The second-order valence-electron chi connectivity index (χ2n) is 4.77. The summed E-state index contributed by atoms with van der Waals surface area (Å²) < 4.78 is 5.61. The molecule has 7 nitrogen and oxygen atoms in total. The third-order valence-corrected chi connectivity index (χ3v) is 3.85. The van der Waals surface area contributed by atoms with Crippen molar-refractivity contribution in [3.8, 4) is 5.75 Å². The van der Waals surface area contributed by atoms with E-state index in [1.807, 2.05) is 24.3 Å². The zero-order valence-electron chi connectivity index (χ0n) is 12.6. The molecule has 2 amide bonds. The summed E-state index contributed by atoms with van der Waals surface area (Å²) in [6.45, 7) is 1.04. The Morgan fingerprint density at radius 2 is 1.92 bits per heavy atom. The Labute approximate surface area is 142 Å². The molecule has 8 heteroatoms. The van der Waals surface area contributed by atoms with Crippen LogP contribution in [0.3, 0.4) is 0 Å². The number of amides is 2. The van der Waals surface area contributed by atoms with E-state index in [1.54, 1.807) is 24.5 Å². The highest BCUT2D eigenvalue weighted by Gasteiger charge is 2.24. The quantitative estimate of drug-likeness (QED) is 0.614. The molecule has 1 aromatic carbocycles. The minimum atomic E-state index is -0.362. The summed E-state index contributed by atoms with van der Waals surface area (Å²) >= 11 is 0.898. The van der Waals surface area contributed by atoms with Gasteiger partial charge in [0.1, 0.15) is 12.4 Å². The zero-order chi connectivity index (χ0) is 16.8. The van der Waals surface area contributed by atoms with Crippen LogP contribution in [0.1, 0.15) is 5.56 Å². The monoisotopic (exact) mass is 342 g/mol. The summed E-state index contributed by atoms with van der Waals surface area (Å²) in [5.74, 6) is 0.914. The Morgan fingerprint density at radius 3 is 2.58 bits per heavy atom. The Morgan fingerprint density at radius 1 is 1.17 bits per heavy atom. The van der Waals surface area contributed by atoms with Crippen LogP contribution < -0.4 is 15.4 Å². The molecule has 0 bridgehead atoms. The zero-order valence-corrected chi connectivity index (χ0v) is 13.4. The molecule has 1 fully saturated rings. The normalized spacial score (nSPS) is 15.4. The van der Waals surface area contributed by atoms with Crippen molar-refractivity contribution in [3.05, 3.63) is 53.2 Å². The van der Waals surface area contributed by atoms with Crippen molar-refractivity contribution in [1.29, 1.82) is 0 Å². The van der Waals surface area contributed by atoms with E-state index in [0.717, 1.165) is 17.3 Å². The number of hydrogen-bond donors (Lipinski definition) is 2. The number of aromatic nitrogens is 2. The van der Waals surface area contributed by atoms with Crippen molar-refractivity contribution in [2.75, 3.05) is 18.5 Å². The fraction of sp³-hybridized carbons (Fsp3) is 0.125. The second-order valence-corrected chi connectivity index (χ2v) is 5.78. The molecule has 1 aliphatic rings. The molecule has 1 aliphatic heterocycles. The fourth-order valence-electron chi connectivity index (χ4n) is 1.95. The van der Waals surface area contributed by atoms with Gasteiger partial charge in [0.2, 0.25) is 5.95 Å². The number of carbonyl (C=O) groups is 2. The number of thioether (sulfide) groups is 1. The summed E-state index contributed by atoms with van der Waals surface area (Å²) in [5, 5.41) is 4.92. The summed E-state index contributed by atoms with van der Waals surface area (Å²) in [5.41, 5.74) is 0.825. The van der Waals surface area contributed by atoms with Crippen LogP contribution in [-0.4, -0.2) is 34.3 Å². The molecule has 0 saturated carbocycles. The second kappa shape index (κ2) is 7.60. The summed E-state index contributed by atoms with van der Waals surface area (Å²) in [7, 11) is 0. The van der Waals surface area contributed by atoms with E-state index in [1.165, 1.54) is 0 Å². The Kier molecular flexibility index (Phi) is 5.07. The average molecular weight is 342 g/mol. The molecule has 0 unspecified atom stereocenters. The molecule has 122 valence electrons. The molecule has 2 aromatic rings. The van der Waals surface area contributed by atoms with E-state index in [0.29, 0.717) is 29.8 Å². The van der Waals surface area contributed by atoms with E-state index in [-0.39, 0.29) is 11.1 Å². The highest BCUT2D eigenvalue weighted by atomic mass is 32.2. The SMILES string of the molecule is O=C1NC(=O)/C(=C/c2ccc(OCCNc3ncccn3)cc2)S1. The largest absolute Gasteiger partial charge is 0.492 e. The molecule has 24 heavy (non-hydrogen) atoms. The maximum Gasteiger partial charge on any atom is 0.290 e. The number of carbonyl (C=O) groups excluding carboxylic acids is 2. The van der Waals surface area contributed by atoms with Gasteiger partial charge in [0.25, 0.3) is 11.1 Å². The van der Waals surface area contributed by atoms with Crippen LogP contribution in [0.25, 0.3) is 6.08 Å². The number of imide groups is 1. The lowest BCUT2D eigenvalue weighted by atomic mass is 10.2. The van der Waals surface area contributed by atoms with Crippen LogP contribution >= 0.6 is 11.8 Å². The molecule has 1 saturated heterocycles. The first-order valence-electron chi connectivity index (χ1n) is 7.19. The molecular formula is C16H14N4O3S. The first-order valence-corrected chi connectivity index (χ1v) is 8.01. The Balaban J connectivity index is 1.49. The van der Waals surface area contributed by atoms with Crippen molar-refractivity contribution in [1.82, 2.24) is 15.3 Å². The van der Waals surface area contributed by atoms with Gasteiger partial charge in [-0.15, -0.1) is 0 Å². The van der Waals surface area contributed by atoms with Gasteiger partial charge >= 0.3 is 0 Å². The van der Waals surface area contributed by atoms with Crippen LogP contribution in [0.15, 0.2) is 47.6 Å². The number of nitrogens with zero attached hydrogens (tertiary/aromatic N) is 2. The molecule has 3 rings (SSSR count). The van der Waals surface area contributed by atoms with Gasteiger partial charge in [-0.05, 0) is 41.6 Å². The van der Waals surface area contributed by atoms with Crippen LogP contribution in [0, 0.1) is 0 Å². The number of rotatable bonds is 6. The maximum absolute atomic E-state index is 11.5. The minimum Gasteiger partial charge on any atom is -0.492 e. The van der Waals surface area contributed by atoms with Gasteiger partial charge in [-0.2, -0.15) is 0 Å². The van der Waals surface area contributed by atoms with Crippen molar-refractivity contribution in [2.45, 2.75) is 0 Å².